The molecule has 3 rings (SSSR count). The van der Waals surface area contributed by atoms with Gasteiger partial charge in [-0.25, -0.2) is 0 Å². The summed E-state index contributed by atoms with van der Waals surface area (Å²) < 4.78 is 0. The van der Waals surface area contributed by atoms with Crippen molar-refractivity contribution in [1.82, 2.24) is 4.98 Å². The number of hydrogen-bond donors (Lipinski definition) is 0. The first kappa shape index (κ1) is 19.1. The molecule has 1 aliphatic rings. The average Bonchev–Trinajstić information content (AvgIpc) is 2.68. The lowest BCUT2D eigenvalue weighted by molar-refractivity contribution is 0.243. The lowest BCUT2D eigenvalue weighted by atomic mass is 9.77. The van der Waals surface area contributed by atoms with Gasteiger partial charge in [0.1, 0.15) is 0 Å². The molecule has 1 heteroatoms. The van der Waals surface area contributed by atoms with E-state index in [0.29, 0.717) is 0 Å². The quantitative estimate of drug-likeness (QED) is 0.489. The minimum Gasteiger partial charge on any atom is -0.256 e. The average molecular weight is 350 g/mol. The van der Waals surface area contributed by atoms with Crippen molar-refractivity contribution < 1.29 is 0 Å². The van der Waals surface area contributed by atoms with Crippen LogP contribution in [0.3, 0.4) is 0 Å². The van der Waals surface area contributed by atoms with Gasteiger partial charge in [-0.1, -0.05) is 82.7 Å². The molecule has 0 bridgehead atoms. The maximum Gasteiger partial charge on any atom is 0.0702 e. The first-order valence-electron chi connectivity index (χ1n) is 10.8. The van der Waals surface area contributed by atoms with Gasteiger partial charge in [-0.3, -0.25) is 4.98 Å². The summed E-state index contributed by atoms with van der Waals surface area (Å²) >= 11 is 0. The molecular formula is C25H35N. The molecule has 26 heavy (non-hydrogen) atoms. The van der Waals surface area contributed by atoms with E-state index in [1.54, 1.807) is 0 Å². The summed E-state index contributed by atoms with van der Waals surface area (Å²) in [5.74, 6) is 1.95. The summed E-state index contributed by atoms with van der Waals surface area (Å²) in [4.78, 5) is 4.64. The number of pyridine rings is 1. The highest BCUT2D eigenvalue weighted by Gasteiger charge is 2.21. The molecule has 0 aliphatic heterocycles. The van der Waals surface area contributed by atoms with E-state index in [1.165, 1.54) is 74.5 Å². The highest BCUT2D eigenvalue weighted by molar-refractivity contribution is 5.59. The topological polar surface area (TPSA) is 12.9 Å². The normalized spacial score (nSPS) is 20.2. The van der Waals surface area contributed by atoms with Gasteiger partial charge < -0.3 is 0 Å². The zero-order valence-electron chi connectivity index (χ0n) is 16.7. The molecule has 0 amide bonds. The van der Waals surface area contributed by atoms with Crippen LogP contribution in [0.5, 0.6) is 0 Å². The van der Waals surface area contributed by atoms with Crippen LogP contribution in [0.1, 0.15) is 76.3 Å². The van der Waals surface area contributed by atoms with Gasteiger partial charge >= 0.3 is 0 Å². The molecule has 1 aliphatic carbocycles. The summed E-state index contributed by atoms with van der Waals surface area (Å²) in [6.45, 7) is 4.54. The third kappa shape index (κ3) is 5.43. The Morgan fingerprint density at radius 3 is 2.19 bits per heavy atom. The van der Waals surface area contributed by atoms with E-state index in [9.17, 15) is 0 Å². The fraction of sp³-hybridized carbons (Fsp3) is 0.560. The lowest BCUT2D eigenvalue weighted by Crippen LogP contribution is -2.16. The van der Waals surface area contributed by atoms with Gasteiger partial charge in [0, 0.05) is 11.8 Å². The summed E-state index contributed by atoms with van der Waals surface area (Å²) in [7, 11) is 0. The molecule has 1 heterocycles. The van der Waals surface area contributed by atoms with Crippen LogP contribution in [0.4, 0.5) is 0 Å². The van der Waals surface area contributed by atoms with Crippen molar-refractivity contribution in [1.29, 1.82) is 0 Å². The molecule has 2 unspecified atom stereocenters. The second-order valence-corrected chi connectivity index (χ2v) is 8.22. The monoisotopic (exact) mass is 349 g/mol. The number of benzene rings is 1. The number of hydrogen-bond acceptors (Lipinski definition) is 1. The van der Waals surface area contributed by atoms with Crippen molar-refractivity contribution in [3.8, 4) is 11.3 Å². The molecule has 1 aromatic heterocycles. The van der Waals surface area contributed by atoms with Crippen molar-refractivity contribution in [3.05, 3.63) is 53.7 Å². The van der Waals surface area contributed by atoms with E-state index in [2.05, 4.69) is 55.2 Å². The maximum atomic E-state index is 4.64. The fourth-order valence-corrected chi connectivity index (χ4v) is 4.58. The van der Waals surface area contributed by atoms with E-state index in [-0.39, 0.29) is 0 Å². The van der Waals surface area contributed by atoms with Crippen molar-refractivity contribution in [2.45, 2.75) is 78.1 Å². The highest BCUT2D eigenvalue weighted by Crippen LogP contribution is 2.34. The van der Waals surface area contributed by atoms with E-state index in [4.69, 9.17) is 0 Å². The Labute approximate surface area is 160 Å². The van der Waals surface area contributed by atoms with Crippen LogP contribution in [-0.4, -0.2) is 4.98 Å². The van der Waals surface area contributed by atoms with Gasteiger partial charge in [-0.15, -0.1) is 0 Å². The van der Waals surface area contributed by atoms with Crippen LogP contribution >= 0.6 is 0 Å². The van der Waals surface area contributed by atoms with Gasteiger partial charge in [0.15, 0.2) is 0 Å². The minimum absolute atomic E-state index is 0.952. The van der Waals surface area contributed by atoms with Gasteiger partial charge in [-0.05, 0) is 54.7 Å². The molecule has 0 spiro atoms. The Kier molecular flexibility index (Phi) is 7.29. The number of aromatic nitrogens is 1. The second-order valence-electron chi connectivity index (χ2n) is 8.22. The van der Waals surface area contributed by atoms with Crippen molar-refractivity contribution in [3.63, 3.8) is 0 Å². The first-order chi connectivity index (χ1) is 12.8. The van der Waals surface area contributed by atoms with Gasteiger partial charge in [0.05, 0.1) is 5.69 Å². The van der Waals surface area contributed by atoms with Crippen LogP contribution in [-0.2, 0) is 12.8 Å². The van der Waals surface area contributed by atoms with E-state index in [0.717, 1.165) is 24.0 Å². The molecule has 0 radical (unpaired) electrons. The number of aryl methyl sites for hydroxylation is 2. The Hall–Kier alpha value is -1.63. The maximum absolute atomic E-state index is 4.64. The van der Waals surface area contributed by atoms with Crippen molar-refractivity contribution in [2.24, 2.45) is 11.8 Å². The molecular weight excluding hydrogens is 314 g/mol. The Bertz CT molecular complexity index is 639. The molecule has 1 nitrogen and oxygen atoms in total. The van der Waals surface area contributed by atoms with Gasteiger partial charge in [0.2, 0.25) is 0 Å². The van der Waals surface area contributed by atoms with Crippen molar-refractivity contribution >= 4 is 0 Å². The van der Waals surface area contributed by atoms with Crippen LogP contribution < -0.4 is 0 Å². The summed E-state index contributed by atoms with van der Waals surface area (Å²) in [6, 6.07) is 13.5. The number of nitrogens with zero attached hydrogens (tertiary/aromatic N) is 1. The van der Waals surface area contributed by atoms with Crippen LogP contribution in [0.15, 0.2) is 42.6 Å². The predicted molar refractivity (Wildman–Crippen MR) is 112 cm³/mol. The Morgan fingerprint density at radius 1 is 0.808 bits per heavy atom. The van der Waals surface area contributed by atoms with Gasteiger partial charge in [-0.2, -0.15) is 0 Å². The predicted octanol–water partition coefficient (Wildman–Crippen LogP) is 7.24. The molecule has 1 fully saturated rings. The molecule has 2 aromatic rings. The Morgan fingerprint density at radius 2 is 1.54 bits per heavy atom. The van der Waals surface area contributed by atoms with E-state index < -0.39 is 0 Å². The zero-order valence-corrected chi connectivity index (χ0v) is 16.7. The molecule has 2 atom stereocenters. The molecule has 1 aromatic carbocycles. The van der Waals surface area contributed by atoms with Crippen molar-refractivity contribution in [2.75, 3.05) is 0 Å². The molecule has 0 saturated heterocycles. The summed E-state index contributed by atoms with van der Waals surface area (Å²) in [5, 5.41) is 0. The van der Waals surface area contributed by atoms with E-state index >= 15 is 0 Å². The summed E-state index contributed by atoms with van der Waals surface area (Å²) in [5.41, 5.74) is 5.14. The summed E-state index contributed by atoms with van der Waals surface area (Å²) in [6.07, 6.45) is 15.6. The molecule has 1 saturated carbocycles. The Balaban J connectivity index is 1.52. The fourth-order valence-electron chi connectivity index (χ4n) is 4.58. The standard InChI is InChI=1S/C25H35N/c1-3-6-21-8-5-9-22(18-21)11-10-20-12-15-24(16-13-20)25-17-14-23(7-4-2)19-26-25/h12-17,19,21-22H,3-11,18H2,1-2H3. The van der Waals surface area contributed by atoms with Crippen LogP contribution in [0.2, 0.25) is 0 Å². The highest BCUT2D eigenvalue weighted by atomic mass is 14.7. The molecule has 140 valence electrons. The first-order valence-corrected chi connectivity index (χ1v) is 10.8. The van der Waals surface area contributed by atoms with Crippen LogP contribution in [0, 0.1) is 11.8 Å². The molecule has 0 N–H and O–H groups in total. The smallest absolute Gasteiger partial charge is 0.0702 e. The van der Waals surface area contributed by atoms with Gasteiger partial charge in [0.25, 0.3) is 0 Å². The SMILES string of the molecule is CCCc1ccc(-c2ccc(CCC3CCCC(CCC)C3)cc2)nc1. The third-order valence-electron chi connectivity index (χ3n) is 6.04. The zero-order chi connectivity index (χ0) is 18.2. The number of rotatable bonds is 8. The lowest BCUT2D eigenvalue weighted by Gasteiger charge is -2.29. The van der Waals surface area contributed by atoms with E-state index in [1.807, 2.05) is 6.20 Å². The van der Waals surface area contributed by atoms with Crippen LogP contribution in [0.25, 0.3) is 11.3 Å². The third-order valence-corrected chi connectivity index (χ3v) is 6.04. The largest absolute Gasteiger partial charge is 0.256 e. The minimum atomic E-state index is 0.952. The second kappa shape index (κ2) is 9.90.